The molecule has 0 unspecified atom stereocenters. The maximum atomic E-state index is 13.1. The van der Waals surface area contributed by atoms with E-state index in [2.05, 4.69) is 10.3 Å². The third-order valence-electron chi connectivity index (χ3n) is 3.30. The highest BCUT2D eigenvalue weighted by Crippen LogP contribution is 2.25. The first-order chi connectivity index (χ1) is 11.0. The number of nitrogens with one attached hydrogen (secondary N) is 2. The Labute approximate surface area is 134 Å². The molecule has 3 aromatic rings. The number of para-hydroxylation sites is 1. The number of pyridine rings is 1. The second-order valence-electron chi connectivity index (χ2n) is 4.81. The summed E-state index contributed by atoms with van der Waals surface area (Å²) in [7, 11) is 0. The summed E-state index contributed by atoms with van der Waals surface area (Å²) >= 11 is 5.64. The van der Waals surface area contributed by atoms with E-state index in [4.69, 9.17) is 11.6 Å². The Bertz CT molecular complexity index is 985. The van der Waals surface area contributed by atoms with Crippen LogP contribution in [0.4, 0.5) is 10.1 Å². The summed E-state index contributed by atoms with van der Waals surface area (Å²) in [5.41, 5.74) is -0.541. The van der Waals surface area contributed by atoms with Crippen molar-refractivity contribution in [1.29, 1.82) is 0 Å². The molecule has 0 radical (unpaired) electrons. The molecular weight excluding hydrogens is 323 g/mol. The SMILES string of the molecule is O=C(Nc1ccc(F)c(Cl)c1)c1c(O)c2ccccc2[nH]c1=O. The summed E-state index contributed by atoms with van der Waals surface area (Å²) in [5, 5.41) is 12.8. The van der Waals surface area contributed by atoms with Crippen LogP contribution in [0, 0.1) is 5.82 Å². The summed E-state index contributed by atoms with van der Waals surface area (Å²) in [4.78, 5) is 26.8. The van der Waals surface area contributed by atoms with E-state index in [0.29, 0.717) is 10.9 Å². The molecule has 3 rings (SSSR count). The fourth-order valence-electron chi connectivity index (χ4n) is 2.20. The number of hydrogen-bond donors (Lipinski definition) is 3. The van der Waals surface area contributed by atoms with Crippen molar-refractivity contribution in [3.63, 3.8) is 0 Å². The van der Waals surface area contributed by atoms with Gasteiger partial charge in [0.25, 0.3) is 11.5 Å². The van der Waals surface area contributed by atoms with Crippen molar-refractivity contribution in [2.45, 2.75) is 0 Å². The van der Waals surface area contributed by atoms with Gasteiger partial charge in [0, 0.05) is 11.1 Å². The van der Waals surface area contributed by atoms with Crippen LogP contribution in [0.1, 0.15) is 10.4 Å². The highest BCUT2D eigenvalue weighted by Gasteiger charge is 2.19. The van der Waals surface area contributed by atoms with E-state index < -0.39 is 28.6 Å². The van der Waals surface area contributed by atoms with Gasteiger partial charge in [0.2, 0.25) is 0 Å². The number of anilines is 1. The first kappa shape index (κ1) is 15.1. The van der Waals surface area contributed by atoms with E-state index in [1.54, 1.807) is 24.3 Å². The van der Waals surface area contributed by atoms with Crippen LogP contribution >= 0.6 is 11.6 Å². The van der Waals surface area contributed by atoms with Gasteiger partial charge in [0.05, 0.1) is 10.5 Å². The van der Waals surface area contributed by atoms with Gasteiger partial charge in [-0.3, -0.25) is 9.59 Å². The molecule has 0 saturated heterocycles. The zero-order valence-corrected chi connectivity index (χ0v) is 12.3. The van der Waals surface area contributed by atoms with Crippen LogP contribution in [0.15, 0.2) is 47.3 Å². The van der Waals surface area contributed by atoms with Gasteiger partial charge in [-0.1, -0.05) is 23.7 Å². The molecule has 0 saturated carbocycles. The van der Waals surface area contributed by atoms with Crippen LogP contribution in [0.25, 0.3) is 10.9 Å². The van der Waals surface area contributed by atoms with Crippen molar-refractivity contribution in [3.05, 3.63) is 69.2 Å². The Morgan fingerprint density at radius 2 is 1.96 bits per heavy atom. The van der Waals surface area contributed by atoms with Gasteiger partial charge in [-0.15, -0.1) is 0 Å². The zero-order valence-electron chi connectivity index (χ0n) is 11.6. The fraction of sp³-hybridized carbons (Fsp3) is 0. The van der Waals surface area contributed by atoms with Crippen molar-refractivity contribution < 1.29 is 14.3 Å². The van der Waals surface area contributed by atoms with E-state index >= 15 is 0 Å². The zero-order chi connectivity index (χ0) is 16.6. The molecule has 0 aliphatic rings. The number of aromatic hydroxyl groups is 1. The Kier molecular flexibility index (Phi) is 3.75. The quantitative estimate of drug-likeness (QED) is 0.673. The number of aromatic nitrogens is 1. The smallest absolute Gasteiger partial charge is 0.265 e. The summed E-state index contributed by atoms with van der Waals surface area (Å²) in [6.07, 6.45) is 0. The first-order valence-corrected chi connectivity index (χ1v) is 6.95. The monoisotopic (exact) mass is 332 g/mol. The minimum absolute atomic E-state index is 0.167. The molecule has 0 spiro atoms. The molecule has 0 aliphatic carbocycles. The summed E-state index contributed by atoms with van der Waals surface area (Å²) in [6, 6.07) is 10.1. The number of rotatable bonds is 2. The molecular formula is C16H10ClFN2O3. The third kappa shape index (κ3) is 2.76. The number of fused-ring (bicyclic) bond motifs is 1. The molecule has 5 nitrogen and oxygen atoms in total. The van der Waals surface area contributed by atoms with Crippen LogP contribution in [0.2, 0.25) is 5.02 Å². The molecule has 7 heteroatoms. The van der Waals surface area contributed by atoms with Crippen LogP contribution in [-0.2, 0) is 0 Å². The molecule has 116 valence electrons. The van der Waals surface area contributed by atoms with E-state index in [9.17, 15) is 19.1 Å². The lowest BCUT2D eigenvalue weighted by Crippen LogP contribution is -2.23. The molecule has 2 aromatic carbocycles. The van der Waals surface area contributed by atoms with E-state index in [1.807, 2.05) is 0 Å². The van der Waals surface area contributed by atoms with E-state index in [0.717, 1.165) is 6.07 Å². The predicted molar refractivity (Wildman–Crippen MR) is 85.6 cm³/mol. The van der Waals surface area contributed by atoms with Crippen LogP contribution in [0.3, 0.4) is 0 Å². The second-order valence-corrected chi connectivity index (χ2v) is 5.21. The van der Waals surface area contributed by atoms with Gasteiger partial charge < -0.3 is 15.4 Å². The molecule has 3 N–H and O–H groups in total. The van der Waals surface area contributed by atoms with Crippen molar-refractivity contribution >= 4 is 34.1 Å². The molecule has 1 amide bonds. The largest absolute Gasteiger partial charge is 0.506 e. The summed E-state index contributed by atoms with van der Waals surface area (Å²) in [5.74, 6) is -1.87. The van der Waals surface area contributed by atoms with Crippen molar-refractivity contribution in [2.24, 2.45) is 0 Å². The first-order valence-electron chi connectivity index (χ1n) is 6.58. The van der Waals surface area contributed by atoms with Crippen LogP contribution in [0.5, 0.6) is 5.75 Å². The lowest BCUT2D eigenvalue weighted by molar-refractivity contribution is 0.102. The topological polar surface area (TPSA) is 82.2 Å². The minimum atomic E-state index is -0.822. The van der Waals surface area contributed by atoms with E-state index in [-0.39, 0.29) is 10.7 Å². The van der Waals surface area contributed by atoms with Gasteiger partial charge in [0.1, 0.15) is 17.1 Å². The Morgan fingerprint density at radius 3 is 2.70 bits per heavy atom. The Morgan fingerprint density at radius 1 is 1.22 bits per heavy atom. The van der Waals surface area contributed by atoms with Crippen LogP contribution in [-0.4, -0.2) is 16.0 Å². The second kappa shape index (κ2) is 5.73. The van der Waals surface area contributed by atoms with Crippen molar-refractivity contribution in [2.75, 3.05) is 5.32 Å². The molecule has 0 fully saturated rings. The van der Waals surface area contributed by atoms with Gasteiger partial charge in [-0.05, 0) is 30.3 Å². The van der Waals surface area contributed by atoms with Crippen LogP contribution < -0.4 is 10.9 Å². The molecule has 0 aliphatic heterocycles. The van der Waals surface area contributed by atoms with Gasteiger partial charge in [-0.2, -0.15) is 0 Å². The third-order valence-corrected chi connectivity index (χ3v) is 3.59. The number of carbonyl (C=O) groups is 1. The number of halogens is 2. The highest BCUT2D eigenvalue weighted by atomic mass is 35.5. The fourth-order valence-corrected chi connectivity index (χ4v) is 2.38. The highest BCUT2D eigenvalue weighted by molar-refractivity contribution is 6.31. The number of amides is 1. The predicted octanol–water partition coefficient (Wildman–Crippen LogP) is 3.28. The molecule has 23 heavy (non-hydrogen) atoms. The van der Waals surface area contributed by atoms with Crippen molar-refractivity contribution in [1.82, 2.24) is 4.98 Å². The Hall–Kier alpha value is -2.86. The average molecular weight is 333 g/mol. The number of benzene rings is 2. The molecule has 0 atom stereocenters. The lowest BCUT2D eigenvalue weighted by Gasteiger charge is -2.09. The standard InChI is InChI=1S/C16H10ClFN2O3/c17-10-7-8(5-6-11(10)18)19-15(22)13-14(21)9-3-1-2-4-12(9)20-16(13)23/h1-7H,(H,19,22)(H2,20,21,23). The molecule has 1 heterocycles. The van der Waals surface area contributed by atoms with Crippen molar-refractivity contribution in [3.8, 4) is 5.75 Å². The number of hydrogen-bond acceptors (Lipinski definition) is 3. The van der Waals surface area contributed by atoms with Gasteiger partial charge >= 0.3 is 0 Å². The summed E-state index contributed by atoms with van der Waals surface area (Å²) < 4.78 is 13.1. The molecule has 0 bridgehead atoms. The Balaban J connectivity index is 2.04. The van der Waals surface area contributed by atoms with E-state index in [1.165, 1.54) is 12.1 Å². The lowest BCUT2D eigenvalue weighted by atomic mass is 10.1. The van der Waals surface area contributed by atoms with Gasteiger partial charge in [0.15, 0.2) is 0 Å². The molecule has 1 aromatic heterocycles. The van der Waals surface area contributed by atoms with Gasteiger partial charge in [-0.25, -0.2) is 4.39 Å². The number of carbonyl (C=O) groups excluding carboxylic acids is 1. The minimum Gasteiger partial charge on any atom is -0.506 e. The normalized spacial score (nSPS) is 10.7. The summed E-state index contributed by atoms with van der Waals surface area (Å²) in [6.45, 7) is 0. The maximum absolute atomic E-state index is 13.1. The number of H-pyrrole nitrogens is 1. The maximum Gasteiger partial charge on any atom is 0.265 e. The average Bonchev–Trinajstić information content (AvgIpc) is 2.51. The number of aromatic amines is 1.